The summed E-state index contributed by atoms with van der Waals surface area (Å²) in [4.78, 5) is 38.6. The minimum atomic E-state index is -1.72. The van der Waals surface area contributed by atoms with Gasteiger partial charge in [-0.1, -0.05) is 27.2 Å². The molecule has 4 heterocycles. The second-order valence-electron chi connectivity index (χ2n) is 13.2. The van der Waals surface area contributed by atoms with E-state index in [9.17, 15) is 55.2 Å². The molecule has 0 spiro atoms. The molecule has 0 saturated carbocycles. The van der Waals surface area contributed by atoms with Crippen molar-refractivity contribution in [2.24, 2.45) is 17.8 Å². The van der Waals surface area contributed by atoms with Gasteiger partial charge in [0.1, 0.15) is 42.4 Å². The number of rotatable bonds is 13. The van der Waals surface area contributed by atoms with Crippen molar-refractivity contribution in [1.29, 1.82) is 0 Å². The van der Waals surface area contributed by atoms with Crippen LogP contribution in [0.1, 0.15) is 59.1 Å². The van der Waals surface area contributed by atoms with Crippen molar-refractivity contribution in [3.8, 4) is 0 Å². The third-order valence-electron chi connectivity index (χ3n) is 9.24. The van der Waals surface area contributed by atoms with Crippen LogP contribution >= 0.6 is 0 Å². The number of ether oxygens (including phenoxy) is 4. The Labute approximate surface area is 270 Å². The smallest absolute Gasteiger partial charge is 0.330 e. The number of hydrogen-bond acceptors (Lipinski definition) is 15. The van der Waals surface area contributed by atoms with E-state index in [1.54, 1.807) is 0 Å². The van der Waals surface area contributed by atoms with E-state index >= 15 is 0 Å². The van der Waals surface area contributed by atoms with E-state index in [0.717, 1.165) is 23.3 Å². The zero-order chi connectivity index (χ0) is 34.7. The maximum absolute atomic E-state index is 12.9. The zero-order valence-electron chi connectivity index (χ0n) is 26.5. The Balaban J connectivity index is 1.52. The standard InChI is InChI=1S/C30H48N2O15/c1-12(2)5-4-6-14(34)9-15-21(38)22(39)17(44-29(15)47-28-13(3)20(37)23(40)18(11-33)45-28)10-16(35)26-24(41)25(42)27(46-26)32-8-7-19(36)31-30(32)43/h7-8,12-13,15-18,20-29,33,35,37-42H,4-6,9-11H2,1-3H3,(H,31,36,43)/t13?,15-,16-,17-,18?,20-,21+,22?,23-,24-,25?,26-,27-,28-,29?/m1/s1. The Morgan fingerprint density at radius 3 is 2.23 bits per heavy atom. The summed E-state index contributed by atoms with van der Waals surface area (Å²) in [6.07, 6.45) is -17.5. The van der Waals surface area contributed by atoms with E-state index in [2.05, 4.69) is 0 Å². The summed E-state index contributed by atoms with van der Waals surface area (Å²) in [7, 11) is 0. The van der Waals surface area contributed by atoms with Gasteiger partial charge in [0.2, 0.25) is 0 Å². The number of ketones is 1. The number of aliphatic hydroxyl groups excluding tert-OH is 8. The lowest BCUT2D eigenvalue weighted by molar-refractivity contribution is -0.362. The minimum absolute atomic E-state index is 0.207. The fourth-order valence-electron chi connectivity index (χ4n) is 6.35. The van der Waals surface area contributed by atoms with Gasteiger partial charge in [0.15, 0.2) is 18.8 Å². The van der Waals surface area contributed by atoms with Crippen molar-refractivity contribution in [2.45, 2.75) is 133 Å². The van der Waals surface area contributed by atoms with Crippen molar-refractivity contribution < 1.29 is 64.6 Å². The largest absolute Gasteiger partial charge is 0.394 e. The van der Waals surface area contributed by atoms with Gasteiger partial charge in [-0.15, -0.1) is 0 Å². The van der Waals surface area contributed by atoms with Gasteiger partial charge < -0.3 is 59.8 Å². The molecular formula is C30H48N2O15. The number of hydrogen-bond donors (Lipinski definition) is 9. The molecule has 3 aliphatic heterocycles. The lowest BCUT2D eigenvalue weighted by Gasteiger charge is -2.47. The summed E-state index contributed by atoms with van der Waals surface area (Å²) in [5, 5.41) is 85.1. The number of carbonyl (C=O) groups is 1. The number of Topliss-reactive ketones (excluding diaryl/α,β-unsaturated/α-hetero) is 1. The number of aliphatic hydroxyl groups is 8. The molecule has 3 aliphatic rings. The third kappa shape index (κ3) is 8.55. The molecule has 1 aromatic heterocycles. The van der Waals surface area contributed by atoms with Crippen LogP contribution in [-0.4, -0.2) is 136 Å². The van der Waals surface area contributed by atoms with Gasteiger partial charge in [0.25, 0.3) is 5.56 Å². The Bertz CT molecular complexity index is 1290. The molecule has 0 aromatic carbocycles. The van der Waals surface area contributed by atoms with E-state index < -0.39 is 116 Å². The van der Waals surface area contributed by atoms with Crippen LogP contribution in [0.15, 0.2) is 21.9 Å². The third-order valence-corrected chi connectivity index (χ3v) is 9.24. The highest BCUT2D eigenvalue weighted by Crippen LogP contribution is 2.38. The molecule has 0 bridgehead atoms. The second-order valence-corrected chi connectivity index (χ2v) is 13.2. The number of aromatic nitrogens is 2. The van der Waals surface area contributed by atoms with Crippen molar-refractivity contribution in [2.75, 3.05) is 6.61 Å². The normalized spacial score (nSPS) is 40.1. The van der Waals surface area contributed by atoms with Crippen LogP contribution in [0.4, 0.5) is 0 Å². The number of carbonyl (C=O) groups excluding carboxylic acids is 1. The van der Waals surface area contributed by atoms with Crippen LogP contribution in [0.2, 0.25) is 0 Å². The van der Waals surface area contributed by atoms with E-state index in [0.29, 0.717) is 12.3 Å². The van der Waals surface area contributed by atoms with Crippen LogP contribution in [-0.2, 0) is 23.7 Å². The maximum Gasteiger partial charge on any atom is 0.330 e. The molecule has 15 atom stereocenters. The van der Waals surface area contributed by atoms with Gasteiger partial charge in [-0.05, 0) is 12.3 Å². The topological polar surface area (TPSA) is 271 Å². The second kappa shape index (κ2) is 16.1. The highest BCUT2D eigenvalue weighted by Gasteiger charge is 2.52. The molecule has 0 radical (unpaired) electrons. The number of aromatic amines is 1. The lowest BCUT2D eigenvalue weighted by atomic mass is 9.84. The monoisotopic (exact) mass is 676 g/mol. The SMILES string of the molecule is CC(C)CCCC(=O)C[C@H]1C(O[C@H]2OC(CO)[C@@H](O)[C@H](O)C2C)O[C@H](C[C@@H](O)[C@H]2O[C@@H](n3ccc(=O)[nH]c3=O)C(O)[C@H]2O)C(O)[C@H]1O. The fourth-order valence-corrected chi connectivity index (χ4v) is 6.35. The van der Waals surface area contributed by atoms with Crippen LogP contribution in [0.3, 0.4) is 0 Å². The first-order valence-corrected chi connectivity index (χ1v) is 16.0. The van der Waals surface area contributed by atoms with Gasteiger partial charge in [-0.25, -0.2) is 4.79 Å². The highest BCUT2D eigenvalue weighted by atomic mass is 16.8. The minimum Gasteiger partial charge on any atom is -0.394 e. The highest BCUT2D eigenvalue weighted by molar-refractivity contribution is 5.78. The van der Waals surface area contributed by atoms with E-state index in [4.69, 9.17) is 18.9 Å². The predicted octanol–water partition coefficient (Wildman–Crippen LogP) is -3.15. The summed E-state index contributed by atoms with van der Waals surface area (Å²) in [6.45, 7) is 4.91. The first-order chi connectivity index (χ1) is 22.1. The Hall–Kier alpha value is -2.13. The van der Waals surface area contributed by atoms with Gasteiger partial charge in [0.05, 0.1) is 31.0 Å². The Kier molecular flexibility index (Phi) is 12.9. The zero-order valence-corrected chi connectivity index (χ0v) is 26.5. The summed E-state index contributed by atoms with van der Waals surface area (Å²) in [5.41, 5.74) is -1.63. The van der Waals surface area contributed by atoms with Crippen LogP contribution < -0.4 is 11.2 Å². The van der Waals surface area contributed by atoms with Gasteiger partial charge in [-0.3, -0.25) is 19.1 Å². The summed E-state index contributed by atoms with van der Waals surface area (Å²) in [6, 6.07) is 1.01. The molecule has 3 fully saturated rings. The molecule has 3 saturated heterocycles. The molecule has 0 amide bonds. The van der Waals surface area contributed by atoms with Crippen molar-refractivity contribution in [3.05, 3.63) is 33.1 Å². The quantitative estimate of drug-likeness (QED) is 0.0998. The fraction of sp³-hybridized carbons (Fsp3) is 0.833. The summed E-state index contributed by atoms with van der Waals surface area (Å²) in [5.74, 6) is -1.83. The number of nitrogens with one attached hydrogen (secondary N) is 1. The molecule has 9 N–H and O–H groups in total. The molecule has 47 heavy (non-hydrogen) atoms. The van der Waals surface area contributed by atoms with E-state index in [-0.39, 0.29) is 18.6 Å². The van der Waals surface area contributed by atoms with Crippen LogP contribution in [0.25, 0.3) is 0 Å². The molecule has 17 heteroatoms. The first-order valence-electron chi connectivity index (χ1n) is 16.0. The van der Waals surface area contributed by atoms with Crippen molar-refractivity contribution in [1.82, 2.24) is 9.55 Å². The van der Waals surface area contributed by atoms with Gasteiger partial charge in [0, 0.05) is 43.4 Å². The average Bonchev–Trinajstić information content (AvgIpc) is 3.31. The molecule has 4 rings (SSSR count). The molecule has 17 nitrogen and oxygen atoms in total. The first kappa shape index (κ1) is 37.7. The number of H-pyrrole nitrogens is 1. The molecular weight excluding hydrogens is 628 g/mol. The molecule has 268 valence electrons. The van der Waals surface area contributed by atoms with E-state index in [1.165, 1.54) is 6.92 Å². The molecule has 1 aromatic rings. The average molecular weight is 677 g/mol. The number of nitrogens with zero attached hydrogens (tertiary/aromatic N) is 1. The van der Waals surface area contributed by atoms with Crippen molar-refractivity contribution >= 4 is 5.78 Å². The summed E-state index contributed by atoms with van der Waals surface area (Å²) < 4.78 is 24.2. The molecule has 5 unspecified atom stereocenters. The van der Waals surface area contributed by atoms with E-state index in [1.807, 2.05) is 18.8 Å². The summed E-state index contributed by atoms with van der Waals surface area (Å²) >= 11 is 0. The van der Waals surface area contributed by atoms with Gasteiger partial charge in [-0.2, -0.15) is 0 Å². The molecule has 0 aliphatic carbocycles. The maximum atomic E-state index is 12.9. The van der Waals surface area contributed by atoms with Crippen LogP contribution in [0, 0.1) is 17.8 Å². The Morgan fingerprint density at radius 1 is 0.936 bits per heavy atom. The lowest BCUT2D eigenvalue weighted by Crippen LogP contribution is -2.60. The Morgan fingerprint density at radius 2 is 1.60 bits per heavy atom. The van der Waals surface area contributed by atoms with Gasteiger partial charge >= 0.3 is 5.69 Å². The van der Waals surface area contributed by atoms with Crippen LogP contribution in [0.5, 0.6) is 0 Å². The predicted molar refractivity (Wildman–Crippen MR) is 158 cm³/mol. The van der Waals surface area contributed by atoms with Crippen molar-refractivity contribution in [3.63, 3.8) is 0 Å².